The Labute approximate surface area is 91.7 Å². The number of amides is 1. The summed E-state index contributed by atoms with van der Waals surface area (Å²) >= 11 is 0. The first-order chi connectivity index (χ1) is 7.09. The van der Waals surface area contributed by atoms with Gasteiger partial charge in [-0.3, -0.25) is 4.79 Å². The SMILES string of the molecule is CC(=O)NCCCc1ccc(C)c(C)c1. The fourth-order valence-corrected chi connectivity index (χ4v) is 1.52. The Balaban J connectivity index is 2.38. The van der Waals surface area contributed by atoms with Gasteiger partial charge in [0, 0.05) is 13.5 Å². The maximum atomic E-state index is 10.6. The van der Waals surface area contributed by atoms with Crippen LogP contribution < -0.4 is 5.32 Å². The van der Waals surface area contributed by atoms with Crippen molar-refractivity contribution in [3.05, 3.63) is 34.9 Å². The maximum absolute atomic E-state index is 10.6. The molecule has 0 aliphatic carbocycles. The van der Waals surface area contributed by atoms with Crippen LogP contribution in [0.4, 0.5) is 0 Å². The molecule has 0 heterocycles. The van der Waals surface area contributed by atoms with Gasteiger partial charge in [-0.25, -0.2) is 0 Å². The van der Waals surface area contributed by atoms with Crippen LogP contribution in [0.1, 0.15) is 30.0 Å². The summed E-state index contributed by atoms with van der Waals surface area (Å²) in [5.41, 5.74) is 4.02. The predicted molar refractivity (Wildman–Crippen MR) is 62.9 cm³/mol. The molecule has 1 aromatic rings. The monoisotopic (exact) mass is 205 g/mol. The van der Waals surface area contributed by atoms with Crippen LogP contribution in [0.2, 0.25) is 0 Å². The van der Waals surface area contributed by atoms with Gasteiger partial charge >= 0.3 is 0 Å². The summed E-state index contributed by atoms with van der Waals surface area (Å²) in [6, 6.07) is 6.54. The van der Waals surface area contributed by atoms with E-state index in [4.69, 9.17) is 0 Å². The Hall–Kier alpha value is -1.31. The molecule has 0 saturated carbocycles. The lowest BCUT2D eigenvalue weighted by atomic mass is 10.0. The second kappa shape index (κ2) is 5.54. The molecular weight excluding hydrogens is 186 g/mol. The topological polar surface area (TPSA) is 29.1 Å². The summed E-state index contributed by atoms with van der Waals surface area (Å²) in [7, 11) is 0. The predicted octanol–water partition coefficient (Wildman–Crippen LogP) is 2.37. The van der Waals surface area contributed by atoms with Gasteiger partial charge in [-0.15, -0.1) is 0 Å². The molecule has 0 bridgehead atoms. The molecule has 1 N–H and O–H groups in total. The van der Waals surface area contributed by atoms with Crippen molar-refractivity contribution < 1.29 is 4.79 Å². The number of carbonyl (C=O) groups is 1. The van der Waals surface area contributed by atoms with E-state index < -0.39 is 0 Å². The van der Waals surface area contributed by atoms with Crippen molar-refractivity contribution in [1.29, 1.82) is 0 Å². The maximum Gasteiger partial charge on any atom is 0.216 e. The Kier molecular flexibility index (Phi) is 4.35. The first-order valence-electron chi connectivity index (χ1n) is 5.40. The van der Waals surface area contributed by atoms with Crippen molar-refractivity contribution >= 4 is 5.91 Å². The number of carbonyl (C=O) groups excluding carboxylic acids is 1. The lowest BCUT2D eigenvalue weighted by Crippen LogP contribution is -2.21. The van der Waals surface area contributed by atoms with E-state index >= 15 is 0 Å². The van der Waals surface area contributed by atoms with E-state index in [2.05, 4.69) is 37.4 Å². The van der Waals surface area contributed by atoms with Gasteiger partial charge < -0.3 is 5.32 Å². The Morgan fingerprint density at radius 2 is 2.00 bits per heavy atom. The minimum Gasteiger partial charge on any atom is -0.356 e. The molecule has 15 heavy (non-hydrogen) atoms. The summed E-state index contributed by atoms with van der Waals surface area (Å²) in [5.74, 6) is 0.0510. The molecule has 0 unspecified atom stereocenters. The fraction of sp³-hybridized carbons (Fsp3) is 0.462. The molecular formula is C13H19NO. The third-order valence-corrected chi connectivity index (χ3v) is 2.59. The molecule has 0 aliphatic heterocycles. The minimum atomic E-state index is 0.0510. The summed E-state index contributed by atoms with van der Waals surface area (Å²) in [4.78, 5) is 10.6. The van der Waals surface area contributed by atoms with Gasteiger partial charge in [0.25, 0.3) is 0 Å². The number of benzene rings is 1. The van der Waals surface area contributed by atoms with Crippen LogP contribution in [0, 0.1) is 13.8 Å². The Morgan fingerprint density at radius 1 is 1.27 bits per heavy atom. The molecule has 2 heteroatoms. The van der Waals surface area contributed by atoms with Crippen molar-refractivity contribution in [2.45, 2.75) is 33.6 Å². The lowest BCUT2D eigenvalue weighted by Gasteiger charge is -2.05. The molecule has 82 valence electrons. The van der Waals surface area contributed by atoms with Crippen LogP contribution in [-0.4, -0.2) is 12.5 Å². The highest BCUT2D eigenvalue weighted by Gasteiger charge is 1.97. The molecule has 0 saturated heterocycles. The van der Waals surface area contributed by atoms with Gasteiger partial charge in [-0.1, -0.05) is 18.2 Å². The minimum absolute atomic E-state index is 0.0510. The summed E-state index contributed by atoms with van der Waals surface area (Å²) in [6.07, 6.45) is 2.03. The highest BCUT2D eigenvalue weighted by Crippen LogP contribution is 2.11. The van der Waals surface area contributed by atoms with Gasteiger partial charge in [0.1, 0.15) is 0 Å². The zero-order chi connectivity index (χ0) is 11.3. The van der Waals surface area contributed by atoms with E-state index in [1.54, 1.807) is 6.92 Å². The molecule has 0 aliphatic rings. The van der Waals surface area contributed by atoms with Crippen LogP contribution in [0.3, 0.4) is 0 Å². The highest BCUT2D eigenvalue weighted by atomic mass is 16.1. The van der Waals surface area contributed by atoms with E-state index in [9.17, 15) is 4.79 Å². The molecule has 0 spiro atoms. The lowest BCUT2D eigenvalue weighted by molar-refractivity contribution is -0.118. The summed E-state index contributed by atoms with van der Waals surface area (Å²) in [5, 5.41) is 2.80. The van der Waals surface area contributed by atoms with Crippen molar-refractivity contribution in [2.24, 2.45) is 0 Å². The van der Waals surface area contributed by atoms with E-state index in [1.807, 2.05) is 0 Å². The smallest absolute Gasteiger partial charge is 0.216 e. The molecule has 0 fully saturated rings. The van der Waals surface area contributed by atoms with Crippen LogP contribution in [-0.2, 0) is 11.2 Å². The molecule has 0 atom stereocenters. The molecule has 1 aromatic carbocycles. The number of hydrogen-bond donors (Lipinski definition) is 1. The molecule has 0 aromatic heterocycles. The third kappa shape index (κ3) is 4.15. The molecule has 1 amide bonds. The van der Waals surface area contributed by atoms with E-state index in [-0.39, 0.29) is 5.91 Å². The Bertz CT molecular complexity index is 344. The normalized spacial score (nSPS) is 10.1. The zero-order valence-electron chi connectivity index (χ0n) is 9.76. The number of hydrogen-bond acceptors (Lipinski definition) is 1. The van der Waals surface area contributed by atoms with Crippen molar-refractivity contribution in [3.8, 4) is 0 Å². The van der Waals surface area contributed by atoms with Crippen LogP contribution in [0.25, 0.3) is 0 Å². The van der Waals surface area contributed by atoms with E-state index in [0.29, 0.717) is 0 Å². The average Bonchev–Trinajstić information content (AvgIpc) is 2.18. The molecule has 0 radical (unpaired) electrons. The van der Waals surface area contributed by atoms with Crippen LogP contribution >= 0.6 is 0 Å². The average molecular weight is 205 g/mol. The van der Waals surface area contributed by atoms with E-state index in [1.165, 1.54) is 16.7 Å². The standard InChI is InChI=1S/C13H19NO/c1-10-6-7-13(9-11(10)2)5-4-8-14-12(3)15/h6-7,9H,4-5,8H2,1-3H3,(H,14,15). The molecule has 2 nitrogen and oxygen atoms in total. The second-order valence-electron chi connectivity index (χ2n) is 4.01. The van der Waals surface area contributed by atoms with Crippen molar-refractivity contribution in [2.75, 3.05) is 6.54 Å². The van der Waals surface area contributed by atoms with Crippen molar-refractivity contribution in [1.82, 2.24) is 5.32 Å². The van der Waals surface area contributed by atoms with Crippen molar-refractivity contribution in [3.63, 3.8) is 0 Å². The summed E-state index contributed by atoms with van der Waals surface area (Å²) in [6.45, 7) is 6.57. The van der Waals surface area contributed by atoms with Gasteiger partial charge in [-0.2, -0.15) is 0 Å². The quantitative estimate of drug-likeness (QED) is 0.751. The first kappa shape index (κ1) is 11.8. The van der Waals surface area contributed by atoms with Crippen LogP contribution in [0.15, 0.2) is 18.2 Å². The van der Waals surface area contributed by atoms with Crippen LogP contribution in [0.5, 0.6) is 0 Å². The van der Waals surface area contributed by atoms with Gasteiger partial charge in [0.15, 0.2) is 0 Å². The first-order valence-corrected chi connectivity index (χ1v) is 5.40. The molecule has 1 rings (SSSR count). The number of rotatable bonds is 4. The summed E-state index contributed by atoms with van der Waals surface area (Å²) < 4.78 is 0. The Morgan fingerprint density at radius 3 is 2.60 bits per heavy atom. The number of aryl methyl sites for hydroxylation is 3. The van der Waals surface area contributed by atoms with Gasteiger partial charge in [0.05, 0.1) is 0 Å². The largest absolute Gasteiger partial charge is 0.356 e. The van der Waals surface area contributed by atoms with Gasteiger partial charge in [-0.05, 0) is 43.4 Å². The van der Waals surface area contributed by atoms with Gasteiger partial charge in [0.2, 0.25) is 5.91 Å². The zero-order valence-corrected chi connectivity index (χ0v) is 9.76. The third-order valence-electron chi connectivity index (χ3n) is 2.59. The highest BCUT2D eigenvalue weighted by molar-refractivity contribution is 5.72. The fourth-order valence-electron chi connectivity index (χ4n) is 1.52. The van der Waals surface area contributed by atoms with E-state index in [0.717, 1.165) is 19.4 Å². The second-order valence-corrected chi connectivity index (χ2v) is 4.01. The number of nitrogens with one attached hydrogen (secondary N) is 1.